The number of rotatable bonds is 5. The van der Waals surface area contributed by atoms with Crippen molar-refractivity contribution in [2.75, 3.05) is 26.7 Å². The minimum absolute atomic E-state index is 0.428. The van der Waals surface area contributed by atoms with Gasteiger partial charge in [-0.05, 0) is 32.0 Å². The zero-order chi connectivity index (χ0) is 12.0. The van der Waals surface area contributed by atoms with E-state index in [1.54, 1.807) is 0 Å². The van der Waals surface area contributed by atoms with E-state index in [9.17, 15) is 4.39 Å². The molecule has 1 saturated heterocycles. The molecule has 0 aromatic heterocycles. The molecule has 90 valence electrons. The first-order chi connectivity index (χ1) is 7.69. The molecule has 0 aliphatic carbocycles. The number of nitrogens with zero attached hydrogens (tertiary/aromatic N) is 1. The van der Waals surface area contributed by atoms with E-state index in [2.05, 4.69) is 18.1 Å². The van der Waals surface area contributed by atoms with Gasteiger partial charge in [0.1, 0.15) is 11.6 Å². The lowest BCUT2D eigenvalue weighted by molar-refractivity contribution is 0.237. The van der Waals surface area contributed by atoms with Crippen molar-refractivity contribution < 1.29 is 9.13 Å². The second-order valence-corrected chi connectivity index (χ2v) is 3.99. The van der Waals surface area contributed by atoms with Gasteiger partial charge in [0.15, 0.2) is 0 Å². The largest absolute Gasteiger partial charge is 0.496 e. The number of allylic oxidation sites excluding steroid dienone is 1. The van der Waals surface area contributed by atoms with Crippen LogP contribution >= 0.6 is 0 Å². The Kier molecular flexibility index (Phi) is 5.26. The molecule has 16 heavy (non-hydrogen) atoms. The Morgan fingerprint density at radius 3 is 2.44 bits per heavy atom. The third-order valence-electron chi connectivity index (χ3n) is 2.86. The molecule has 3 heteroatoms. The summed E-state index contributed by atoms with van der Waals surface area (Å²) in [5.74, 6) is 0.0559. The summed E-state index contributed by atoms with van der Waals surface area (Å²) < 4.78 is 18.4. The van der Waals surface area contributed by atoms with E-state index < -0.39 is 5.83 Å². The van der Waals surface area contributed by atoms with Gasteiger partial charge in [-0.25, -0.2) is 4.39 Å². The van der Waals surface area contributed by atoms with Crippen LogP contribution in [0.25, 0.3) is 0 Å². The fourth-order valence-corrected chi connectivity index (χ4v) is 1.97. The Hall–Kier alpha value is -1.09. The second-order valence-electron chi connectivity index (χ2n) is 3.99. The maximum atomic E-state index is 13.3. The molecule has 0 spiro atoms. The summed E-state index contributed by atoms with van der Waals surface area (Å²) in [6, 6.07) is 0. The van der Waals surface area contributed by atoms with E-state index in [0.29, 0.717) is 17.9 Å². The molecule has 2 nitrogen and oxygen atoms in total. The average molecular weight is 225 g/mol. The van der Waals surface area contributed by atoms with Gasteiger partial charge < -0.3 is 4.74 Å². The summed E-state index contributed by atoms with van der Waals surface area (Å²) in [6.45, 7) is 9.58. The summed E-state index contributed by atoms with van der Waals surface area (Å²) in [4.78, 5) is 2.23. The minimum atomic E-state index is -0.428. The zero-order valence-electron chi connectivity index (χ0n) is 9.97. The van der Waals surface area contributed by atoms with Gasteiger partial charge in [0, 0.05) is 12.1 Å². The third kappa shape index (κ3) is 3.49. The van der Waals surface area contributed by atoms with E-state index in [-0.39, 0.29) is 0 Å². The van der Waals surface area contributed by atoms with Gasteiger partial charge in [0.2, 0.25) is 0 Å². The molecule has 0 saturated carbocycles. The number of piperidine rings is 1. The minimum Gasteiger partial charge on any atom is -0.496 e. The normalized spacial score (nSPS) is 18.9. The molecule has 0 radical (unpaired) electrons. The van der Waals surface area contributed by atoms with Crippen LogP contribution in [-0.2, 0) is 4.74 Å². The quantitative estimate of drug-likeness (QED) is 0.526. The molecule has 0 unspecified atom stereocenters. The Labute approximate surface area is 97.1 Å². The fraction of sp³-hybridized carbons (Fsp3) is 0.538. The maximum absolute atomic E-state index is 13.3. The molecule has 1 heterocycles. The Morgan fingerprint density at radius 2 is 2.00 bits per heavy atom. The Bertz CT molecular complexity index is 290. The Morgan fingerprint density at radius 1 is 1.38 bits per heavy atom. The molecule has 1 aliphatic heterocycles. The molecular formula is C13H20FNO. The van der Waals surface area contributed by atoms with Gasteiger partial charge in [-0.2, -0.15) is 0 Å². The van der Waals surface area contributed by atoms with Crippen molar-refractivity contribution in [1.29, 1.82) is 0 Å². The zero-order valence-corrected chi connectivity index (χ0v) is 9.97. The number of halogens is 1. The second kappa shape index (κ2) is 6.48. The summed E-state index contributed by atoms with van der Waals surface area (Å²) in [5.41, 5.74) is 0.513. The molecule has 0 bridgehead atoms. The predicted octanol–water partition coefficient (Wildman–Crippen LogP) is 3.04. The van der Waals surface area contributed by atoms with Crippen molar-refractivity contribution in [3.05, 3.63) is 36.4 Å². The SMILES string of the molecule is C=C/C(OC)=C(/CN1CCCCC1)C(=C)F. The van der Waals surface area contributed by atoms with E-state index in [1.165, 1.54) is 32.4 Å². The summed E-state index contributed by atoms with van der Waals surface area (Å²) in [7, 11) is 1.52. The van der Waals surface area contributed by atoms with Crippen LogP contribution in [0, 0.1) is 0 Å². The van der Waals surface area contributed by atoms with Crippen LogP contribution in [0.5, 0.6) is 0 Å². The van der Waals surface area contributed by atoms with Gasteiger partial charge in [-0.3, -0.25) is 4.90 Å². The number of likely N-dealkylation sites (tertiary alicyclic amines) is 1. The smallest absolute Gasteiger partial charge is 0.125 e. The van der Waals surface area contributed by atoms with E-state index in [0.717, 1.165) is 13.1 Å². The molecular weight excluding hydrogens is 205 g/mol. The highest BCUT2D eigenvalue weighted by atomic mass is 19.1. The predicted molar refractivity (Wildman–Crippen MR) is 64.8 cm³/mol. The average Bonchev–Trinajstić information content (AvgIpc) is 2.30. The number of ether oxygens (including phenoxy) is 1. The number of hydrogen-bond donors (Lipinski definition) is 0. The molecule has 0 amide bonds. The maximum Gasteiger partial charge on any atom is 0.125 e. The van der Waals surface area contributed by atoms with Crippen LogP contribution in [0.2, 0.25) is 0 Å². The lowest BCUT2D eigenvalue weighted by Gasteiger charge is -2.27. The summed E-state index contributed by atoms with van der Waals surface area (Å²) in [5, 5.41) is 0. The molecule has 1 aliphatic rings. The van der Waals surface area contributed by atoms with Crippen LogP contribution in [0.4, 0.5) is 4.39 Å². The van der Waals surface area contributed by atoms with Gasteiger partial charge >= 0.3 is 0 Å². The standard InChI is InChI=1S/C13H20FNO/c1-4-13(16-3)12(11(2)14)10-15-8-6-5-7-9-15/h4H,1-2,5-10H2,3H3/b13-12+. The highest BCUT2D eigenvalue weighted by Gasteiger charge is 2.16. The number of hydrogen-bond acceptors (Lipinski definition) is 2. The third-order valence-corrected chi connectivity index (χ3v) is 2.86. The number of methoxy groups -OCH3 is 1. The van der Waals surface area contributed by atoms with Crippen LogP contribution in [-0.4, -0.2) is 31.6 Å². The summed E-state index contributed by atoms with van der Waals surface area (Å²) >= 11 is 0. The highest BCUT2D eigenvalue weighted by Crippen LogP contribution is 2.20. The van der Waals surface area contributed by atoms with E-state index >= 15 is 0 Å². The van der Waals surface area contributed by atoms with Crippen molar-refractivity contribution >= 4 is 0 Å². The van der Waals surface area contributed by atoms with Crippen molar-refractivity contribution in [1.82, 2.24) is 4.90 Å². The van der Waals surface area contributed by atoms with Crippen LogP contribution in [0.1, 0.15) is 19.3 Å². The molecule has 0 N–H and O–H groups in total. The molecule has 0 aromatic carbocycles. The van der Waals surface area contributed by atoms with Gasteiger partial charge in [-0.1, -0.05) is 19.6 Å². The van der Waals surface area contributed by atoms with Crippen LogP contribution in [0.3, 0.4) is 0 Å². The molecule has 1 fully saturated rings. The van der Waals surface area contributed by atoms with Crippen LogP contribution < -0.4 is 0 Å². The lowest BCUT2D eigenvalue weighted by Crippen LogP contribution is -2.32. The first-order valence-corrected chi connectivity index (χ1v) is 5.65. The van der Waals surface area contributed by atoms with Crippen LogP contribution in [0.15, 0.2) is 36.4 Å². The topological polar surface area (TPSA) is 12.5 Å². The molecule has 0 atom stereocenters. The Balaban J connectivity index is 2.74. The fourth-order valence-electron chi connectivity index (χ4n) is 1.97. The van der Waals surface area contributed by atoms with Crippen molar-refractivity contribution in [2.45, 2.75) is 19.3 Å². The van der Waals surface area contributed by atoms with Crippen molar-refractivity contribution in [3.8, 4) is 0 Å². The first-order valence-electron chi connectivity index (χ1n) is 5.65. The van der Waals surface area contributed by atoms with Crippen molar-refractivity contribution in [3.63, 3.8) is 0 Å². The van der Waals surface area contributed by atoms with Gasteiger partial charge in [-0.15, -0.1) is 0 Å². The first kappa shape index (κ1) is 13.0. The summed E-state index contributed by atoms with van der Waals surface area (Å²) in [6.07, 6.45) is 5.17. The monoisotopic (exact) mass is 225 g/mol. The molecule has 1 rings (SSSR count). The lowest BCUT2D eigenvalue weighted by atomic mass is 10.1. The molecule has 0 aromatic rings. The highest BCUT2D eigenvalue weighted by molar-refractivity contribution is 5.32. The van der Waals surface area contributed by atoms with E-state index in [4.69, 9.17) is 4.74 Å². The van der Waals surface area contributed by atoms with E-state index in [1.807, 2.05) is 0 Å². The van der Waals surface area contributed by atoms with Gasteiger partial charge in [0.05, 0.1) is 7.11 Å². The van der Waals surface area contributed by atoms with Gasteiger partial charge in [0.25, 0.3) is 0 Å². The van der Waals surface area contributed by atoms with Crippen molar-refractivity contribution in [2.24, 2.45) is 0 Å².